The van der Waals surface area contributed by atoms with Gasteiger partial charge in [-0.25, -0.2) is 0 Å². The zero-order valence-corrected chi connectivity index (χ0v) is 14.3. The Bertz CT molecular complexity index is 929. The van der Waals surface area contributed by atoms with Gasteiger partial charge in [0.1, 0.15) is 13.2 Å². The van der Waals surface area contributed by atoms with Crippen molar-refractivity contribution in [2.24, 2.45) is 5.73 Å². The van der Waals surface area contributed by atoms with Crippen molar-refractivity contribution in [1.29, 1.82) is 0 Å². The molecule has 0 bridgehead atoms. The van der Waals surface area contributed by atoms with Gasteiger partial charge in [0.2, 0.25) is 0 Å². The summed E-state index contributed by atoms with van der Waals surface area (Å²) >= 11 is 1.61. The van der Waals surface area contributed by atoms with Crippen LogP contribution in [0.2, 0.25) is 0 Å². The third-order valence-corrected chi connectivity index (χ3v) is 5.88. The van der Waals surface area contributed by atoms with Crippen LogP contribution in [0.3, 0.4) is 0 Å². The van der Waals surface area contributed by atoms with Gasteiger partial charge in [0.05, 0.1) is 10.4 Å². The first-order valence-electron chi connectivity index (χ1n) is 8.35. The van der Waals surface area contributed by atoms with Gasteiger partial charge in [0.25, 0.3) is 5.89 Å². The highest BCUT2D eigenvalue weighted by Crippen LogP contribution is 2.41. The summed E-state index contributed by atoms with van der Waals surface area (Å²) in [6.07, 6.45) is 2.95. The number of thiophene rings is 1. The van der Waals surface area contributed by atoms with Crippen molar-refractivity contribution in [3.8, 4) is 32.7 Å². The van der Waals surface area contributed by atoms with E-state index in [-0.39, 0.29) is 0 Å². The van der Waals surface area contributed by atoms with Crippen LogP contribution in [0.5, 0.6) is 11.5 Å². The van der Waals surface area contributed by atoms with Gasteiger partial charge in [-0.2, -0.15) is 4.98 Å². The second-order valence-corrected chi connectivity index (χ2v) is 7.54. The molecular weight excluding hydrogens is 338 g/mol. The summed E-state index contributed by atoms with van der Waals surface area (Å²) in [6, 6.07) is 10.0. The largest absolute Gasteiger partial charge is 0.486 e. The van der Waals surface area contributed by atoms with Crippen LogP contribution in [0, 0.1) is 0 Å². The van der Waals surface area contributed by atoms with Gasteiger partial charge in [-0.3, -0.25) is 0 Å². The highest BCUT2D eigenvalue weighted by atomic mass is 32.1. The molecule has 1 saturated carbocycles. The lowest BCUT2D eigenvalue weighted by atomic mass is 9.77. The third-order valence-electron chi connectivity index (χ3n) is 4.76. The second kappa shape index (κ2) is 5.57. The van der Waals surface area contributed by atoms with Crippen molar-refractivity contribution < 1.29 is 14.0 Å². The van der Waals surface area contributed by atoms with Crippen molar-refractivity contribution in [3.63, 3.8) is 0 Å². The standard InChI is InChI=1S/C18H17N3O3S/c19-18(6-1-7-18)17-20-16(24-21-17)15-5-4-14(25-15)11-2-3-12-13(10-11)23-9-8-22-12/h2-5,10H,1,6-9,19H2. The summed E-state index contributed by atoms with van der Waals surface area (Å²) in [5.74, 6) is 2.72. The first-order chi connectivity index (χ1) is 12.2. The van der Waals surface area contributed by atoms with Crippen LogP contribution < -0.4 is 15.2 Å². The van der Waals surface area contributed by atoms with Gasteiger partial charge < -0.3 is 19.7 Å². The second-order valence-electron chi connectivity index (χ2n) is 6.46. The van der Waals surface area contributed by atoms with Crippen molar-refractivity contribution in [1.82, 2.24) is 10.1 Å². The van der Waals surface area contributed by atoms with E-state index >= 15 is 0 Å². The summed E-state index contributed by atoms with van der Waals surface area (Å²) in [5.41, 5.74) is 6.94. The molecule has 2 aliphatic rings. The molecule has 128 valence electrons. The van der Waals surface area contributed by atoms with Gasteiger partial charge in [-0.15, -0.1) is 11.3 Å². The fourth-order valence-electron chi connectivity index (χ4n) is 3.11. The molecule has 25 heavy (non-hydrogen) atoms. The number of nitrogens with two attached hydrogens (primary N) is 1. The molecule has 2 aromatic heterocycles. The van der Waals surface area contributed by atoms with E-state index in [0.29, 0.717) is 24.9 Å². The van der Waals surface area contributed by atoms with Crippen LogP contribution in [-0.4, -0.2) is 23.4 Å². The number of rotatable bonds is 3. The van der Waals surface area contributed by atoms with E-state index in [0.717, 1.165) is 46.1 Å². The maximum Gasteiger partial charge on any atom is 0.268 e. The Kier molecular flexibility index (Phi) is 3.33. The molecule has 0 spiro atoms. The predicted octanol–water partition coefficient (Wildman–Crippen LogP) is 3.57. The lowest BCUT2D eigenvalue weighted by Crippen LogP contribution is -2.44. The summed E-state index contributed by atoms with van der Waals surface area (Å²) in [7, 11) is 0. The molecule has 5 rings (SSSR count). The first kappa shape index (κ1) is 14.9. The van der Waals surface area contributed by atoms with E-state index < -0.39 is 5.54 Å². The van der Waals surface area contributed by atoms with Crippen molar-refractivity contribution >= 4 is 11.3 Å². The molecule has 0 saturated heterocycles. The molecule has 3 aromatic rings. The maximum absolute atomic E-state index is 6.27. The lowest BCUT2D eigenvalue weighted by Gasteiger charge is -2.34. The van der Waals surface area contributed by atoms with Crippen molar-refractivity contribution in [3.05, 3.63) is 36.2 Å². The van der Waals surface area contributed by atoms with E-state index in [1.54, 1.807) is 11.3 Å². The normalized spacial score (nSPS) is 18.0. The van der Waals surface area contributed by atoms with E-state index in [1.165, 1.54) is 0 Å². The predicted molar refractivity (Wildman–Crippen MR) is 93.8 cm³/mol. The van der Waals surface area contributed by atoms with Crippen LogP contribution in [0.1, 0.15) is 25.1 Å². The summed E-state index contributed by atoms with van der Waals surface area (Å²) < 4.78 is 16.7. The molecule has 0 radical (unpaired) electrons. The van der Waals surface area contributed by atoms with E-state index in [2.05, 4.69) is 16.2 Å². The highest BCUT2D eigenvalue weighted by molar-refractivity contribution is 7.18. The monoisotopic (exact) mass is 355 g/mol. The quantitative estimate of drug-likeness (QED) is 0.773. The number of hydrogen-bond donors (Lipinski definition) is 1. The average Bonchev–Trinajstić information content (AvgIpc) is 3.28. The van der Waals surface area contributed by atoms with Crippen LogP contribution in [0.25, 0.3) is 21.2 Å². The Morgan fingerprint density at radius 3 is 2.60 bits per heavy atom. The average molecular weight is 355 g/mol. The number of benzene rings is 1. The zero-order chi connectivity index (χ0) is 16.9. The zero-order valence-electron chi connectivity index (χ0n) is 13.5. The molecule has 0 unspecified atom stereocenters. The molecule has 2 N–H and O–H groups in total. The number of fused-ring (bicyclic) bond motifs is 1. The first-order valence-corrected chi connectivity index (χ1v) is 9.16. The molecule has 0 atom stereocenters. The summed E-state index contributed by atoms with van der Waals surface area (Å²) in [4.78, 5) is 6.56. The maximum atomic E-state index is 6.27. The van der Waals surface area contributed by atoms with Crippen LogP contribution >= 0.6 is 11.3 Å². The van der Waals surface area contributed by atoms with Crippen molar-refractivity contribution in [2.45, 2.75) is 24.8 Å². The molecule has 1 aliphatic carbocycles. The summed E-state index contributed by atoms with van der Waals surface area (Å²) in [6.45, 7) is 1.18. The van der Waals surface area contributed by atoms with E-state index in [9.17, 15) is 0 Å². The lowest BCUT2D eigenvalue weighted by molar-refractivity contribution is 0.171. The minimum atomic E-state index is -0.405. The number of nitrogens with zero attached hydrogens (tertiary/aromatic N) is 2. The number of hydrogen-bond acceptors (Lipinski definition) is 7. The minimum absolute atomic E-state index is 0.405. The SMILES string of the molecule is NC1(c2noc(-c3ccc(-c4ccc5c(c4)OCCO5)s3)n2)CCC1. The summed E-state index contributed by atoms with van der Waals surface area (Å²) in [5, 5.41) is 4.09. The third kappa shape index (κ3) is 2.51. The van der Waals surface area contributed by atoms with Gasteiger partial charge in [0.15, 0.2) is 17.3 Å². The smallest absolute Gasteiger partial charge is 0.268 e. The molecule has 1 fully saturated rings. The van der Waals surface area contributed by atoms with Gasteiger partial charge >= 0.3 is 0 Å². The Hall–Kier alpha value is -2.38. The van der Waals surface area contributed by atoms with E-state index in [4.69, 9.17) is 19.7 Å². The minimum Gasteiger partial charge on any atom is -0.486 e. The van der Waals surface area contributed by atoms with Gasteiger partial charge in [0, 0.05) is 4.88 Å². The molecule has 1 aromatic carbocycles. The van der Waals surface area contributed by atoms with Crippen LogP contribution in [-0.2, 0) is 5.54 Å². The molecule has 1 aliphatic heterocycles. The Morgan fingerprint density at radius 2 is 1.80 bits per heavy atom. The molecule has 3 heterocycles. The number of aromatic nitrogens is 2. The molecular formula is C18H17N3O3S. The number of ether oxygens (including phenoxy) is 2. The molecule has 7 heteroatoms. The molecule has 0 amide bonds. The Balaban J connectivity index is 1.44. The van der Waals surface area contributed by atoms with Crippen LogP contribution in [0.4, 0.5) is 0 Å². The Morgan fingerprint density at radius 1 is 1.00 bits per heavy atom. The fraction of sp³-hybridized carbons (Fsp3) is 0.333. The molecule has 6 nitrogen and oxygen atoms in total. The highest BCUT2D eigenvalue weighted by Gasteiger charge is 2.39. The topological polar surface area (TPSA) is 83.4 Å². The van der Waals surface area contributed by atoms with Crippen LogP contribution in [0.15, 0.2) is 34.9 Å². The Labute approximate surface area is 148 Å². The van der Waals surface area contributed by atoms with Gasteiger partial charge in [-0.1, -0.05) is 5.16 Å². The van der Waals surface area contributed by atoms with Gasteiger partial charge in [-0.05, 0) is 55.2 Å². The fourth-order valence-corrected chi connectivity index (χ4v) is 4.04. The van der Waals surface area contributed by atoms with Crippen molar-refractivity contribution in [2.75, 3.05) is 13.2 Å². The van der Waals surface area contributed by atoms with E-state index in [1.807, 2.05) is 24.3 Å².